The summed E-state index contributed by atoms with van der Waals surface area (Å²) in [6.07, 6.45) is 3.68. The summed E-state index contributed by atoms with van der Waals surface area (Å²) >= 11 is 0. The Morgan fingerprint density at radius 2 is 2.06 bits per heavy atom. The van der Waals surface area contributed by atoms with E-state index in [1.165, 1.54) is 0 Å². The van der Waals surface area contributed by atoms with Gasteiger partial charge in [0, 0.05) is 43.0 Å². The smallest absolute Gasteiger partial charge is 0.255 e. The predicted molar refractivity (Wildman–Crippen MR) is 136 cm³/mol. The van der Waals surface area contributed by atoms with Crippen molar-refractivity contribution >= 4 is 22.8 Å². The largest absolute Gasteiger partial charge is 0.466 e. The number of hydrogen-bond acceptors (Lipinski definition) is 7. The van der Waals surface area contributed by atoms with Crippen LogP contribution in [-0.4, -0.2) is 60.9 Å². The van der Waals surface area contributed by atoms with E-state index in [0.29, 0.717) is 43.0 Å². The summed E-state index contributed by atoms with van der Waals surface area (Å²) in [7, 11) is 0. The number of rotatable bonds is 3. The number of amides is 1. The second kappa shape index (κ2) is 8.44. The molecule has 2 aliphatic heterocycles. The molecule has 9 heteroatoms. The molecule has 186 valence electrons. The molecule has 1 fully saturated rings. The van der Waals surface area contributed by atoms with Crippen molar-refractivity contribution in [2.24, 2.45) is 0 Å². The number of fused-ring (bicyclic) bond motifs is 4. The standard InChI is InChI=1S/C27H30N6O3/c1-15(2)33-26-23(11-29-33)22(10-24(30-26)21-8-16(3)36-17(21)4)27(35)31-12-18-6-5-7-28-25(18)32-14-20(34)9-19(32)13-31/h5-8,10-11,15,19-20,34H,9,12-14H2,1-4H3/t19-,20-/m1/s1. The van der Waals surface area contributed by atoms with Gasteiger partial charge in [0.25, 0.3) is 5.91 Å². The van der Waals surface area contributed by atoms with Gasteiger partial charge in [0.15, 0.2) is 5.65 Å². The average molecular weight is 487 g/mol. The van der Waals surface area contributed by atoms with Crippen LogP contribution in [0.4, 0.5) is 5.82 Å². The highest BCUT2D eigenvalue weighted by molar-refractivity contribution is 6.06. The van der Waals surface area contributed by atoms with Crippen LogP contribution in [0.25, 0.3) is 22.3 Å². The lowest BCUT2D eigenvalue weighted by molar-refractivity contribution is 0.0735. The van der Waals surface area contributed by atoms with Gasteiger partial charge in [0.05, 0.1) is 35.0 Å². The summed E-state index contributed by atoms with van der Waals surface area (Å²) in [5, 5.41) is 15.7. The van der Waals surface area contributed by atoms with Gasteiger partial charge in [0.2, 0.25) is 0 Å². The number of furan rings is 1. The molecule has 0 unspecified atom stereocenters. The van der Waals surface area contributed by atoms with Gasteiger partial charge in [-0.15, -0.1) is 0 Å². The summed E-state index contributed by atoms with van der Waals surface area (Å²) in [6.45, 7) is 9.40. The normalized spacial score (nSPS) is 19.6. The van der Waals surface area contributed by atoms with Gasteiger partial charge < -0.3 is 19.3 Å². The molecule has 4 aromatic heterocycles. The van der Waals surface area contributed by atoms with Gasteiger partial charge in [-0.05, 0) is 52.3 Å². The lowest BCUT2D eigenvalue weighted by Gasteiger charge is -2.27. The van der Waals surface area contributed by atoms with Gasteiger partial charge in [0.1, 0.15) is 17.3 Å². The zero-order valence-corrected chi connectivity index (χ0v) is 21.0. The number of nitrogens with zero attached hydrogens (tertiary/aromatic N) is 6. The maximum Gasteiger partial charge on any atom is 0.255 e. The van der Waals surface area contributed by atoms with Gasteiger partial charge in [-0.25, -0.2) is 14.6 Å². The van der Waals surface area contributed by atoms with Gasteiger partial charge in [-0.3, -0.25) is 4.79 Å². The van der Waals surface area contributed by atoms with Gasteiger partial charge in [-0.2, -0.15) is 5.10 Å². The fraction of sp³-hybridized carbons (Fsp3) is 0.407. The van der Waals surface area contributed by atoms with Crippen LogP contribution >= 0.6 is 0 Å². The Bertz CT molecular complexity index is 1470. The Hall–Kier alpha value is -3.72. The topological polar surface area (TPSA) is 101 Å². The van der Waals surface area contributed by atoms with Crippen molar-refractivity contribution in [1.29, 1.82) is 0 Å². The number of aliphatic hydroxyl groups excluding tert-OH is 1. The molecule has 0 saturated carbocycles. The Balaban J connectivity index is 1.48. The molecule has 0 spiro atoms. The number of carbonyl (C=O) groups is 1. The first-order valence-electron chi connectivity index (χ1n) is 12.4. The van der Waals surface area contributed by atoms with E-state index in [4.69, 9.17) is 9.40 Å². The van der Waals surface area contributed by atoms with Crippen LogP contribution in [0.15, 0.2) is 41.1 Å². The van der Waals surface area contributed by atoms with Crippen LogP contribution in [0, 0.1) is 13.8 Å². The van der Waals surface area contributed by atoms with E-state index in [1.807, 2.05) is 61.5 Å². The zero-order chi connectivity index (χ0) is 25.1. The van der Waals surface area contributed by atoms with Crippen LogP contribution < -0.4 is 4.90 Å². The van der Waals surface area contributed by atoms with Crippen molar-refractivity contribution in [3.8, 4) is 11.3 Å². The first-order valence-corrected chi connectivity index (χ1v) is 12.4. The molecule has 1 amide bonds. The predicted octanol–water partition coefficient (Wildman–Crippen LogP) is 3.88. The lowest BCUT2D eigenvalue weighted by Crippen LogP contribution is -2.40. The second-order valence-corrected chi connectivity index (χ2v) is 10.2. The first-order chi connectivity index (χ1) is 17.3. The summed E-state index contributed by atoms with van der Waals surface area (Å²) in [6, 6.07) is 7.83. The monoisotopic (exact) mass is 486 g/mol. The SMILES string of the molecule is Cc1cc(-c2cc(C(=O)N3Cc4cccnc4N4C[C@H](O)C[C@@H]4C3)c3cnn(C(C)C)c3n2)c(C)o1. The highest BCUT2D eigenvalue weighted by Crippen LogP contribution is 2.34. The van der Waals surface area contributed by atoms with Crippen molar-refractivity contribution in [2.45, 2.75) is 58.8 Å². The lowest BCUT2D eigenvalue weighted by atomic mass is 10.1. The number of pyridine rings is 2. The second-order valence-electron chi connectivity index (χ2n) is 10.2. The number of carbonyl (C=O) groups excluding carboxylic acids is 1. The van der Waals surface area contributed by atoms with Crippen LogP contribution in [0.5, 0.6) is 0 Å². The van der Waals surface area contributed by atoms with E-state index < -0.39 is 6.10 Å². The minimum atomic E-state index is -0.435. The molecule has 2 aliphatic rings. The minimum Gasteiger partial charge on any atom is -0.466 e. The molecule has 0 radical (unpaired) electrons. The molecule has 1 N–H and O–H groups in total. The molecule has 0 aromatic carbocycles. The van der Waals surface area contributed by atoms with Gasteiger partial charge >= 0.3 is 0 Å². The third-order valence-electron chi connectivity index (χ3n) is 7.21. The molecule has 0 aliphatic carbocycles. The number of hydrogen-bond donors (Lipinski definition) is 1. The van der Waals surface area contributed by atoms with Crippen molar-refractivity contribution in [3.05, 3.63) is 59.3 Å². The van der Waals surface area contributed by atoms with Crippen molar-refractivity contribution in [2.75, 3.05) is 18.0 Å². The van der Waals surface area contributed by atoms with E-state index >= 15 is 0 Å². The highest BCUT2D eigenvalue weighted by Gasteiger charge is 2.38. The molecule has 6 rings (SSSR count). The Kier molecular flexibility index (Phi) is 5.33. The Morgan fingerprint density at radius 1 is 1.22 bits per heavy atom. The third-order valence-corrected chi connectivity index (χ3v) is 7.21. The molecule has 1 saturated heterocycles. The molecule has 36 heavy (non-hydrogen) atoms. The summed E-state index contributed by atoms with van der Waals surface area (Å²) in [4.78, 5) is 27.8. The van der Waals surface area contributed by atoms with E-state index in [0.717, 1.165) is 33.9 Å². The molecule has 2 atom stereocenters. The van der Waals surface area contributed by atoms with E-state index in [2.05, 4.69) is 15.0 Å². The summed E-state index contributed by atoms with van der Waals surface area (Å²) < 4.78 is 7.63. The van der Waals surface area contributed by atoms with Crippen molar-refractivity contribution < 1.29 is 14.3 Å². The number of aliphatic hydroxyl groups is 1. The van der Waals surface area contributed by atoms with E-state index in [-0.39, 0.29) is 18.0 Å². The maximum absolute atomic E-state index is 14.2. The highest BCUT2D eigenvalue weighted by atomic mass is 16.3. The van der Waals surface area contributed by atoms with Crippen LogP contribution in [0.1, 0.15) is 53.8 Å². The summed E-state index contributed by atoms with van der Waals surface area (Å²) in [5.74, 6) is 2.33. The molecule has 6 heterocycles. The van der Waals surface area contributed by atoms with Crippen LogP contribution in [0.3, 0.4) is 0 Å². The Morgan fingerprint density at radius 3 is 2.81 bits per heavy atom. The fourth-order valence-electron chi connectivity index (χ4n) is 5.58. The molecule has 4 aromatic rings. The molecular weight excluding hydrogens is 456 g/mol. The third kappa shape index (κ3) is 3.65. The van der Waals surface area contributed by atoms with Crippen LogP contribution in [0.2, 0.25) is 0 Å². The first kappa shape index (κ1) is 22.7. The summed E-state index contributed by atoms with van der Waals surface area (Å²) in [5.41, 5.74) is 3.79. The molecule has 9 nitrogen and oxygen atoms in total. The van der Waals surface area contributed by atoms with Crippen LogP contribution in [-0.2, 0) is 6.54 Å². The maximum atomic E-state index is 14.2. The van der Waals surface area contributed by atoms with Gasteiger partial charge in [-0.1, -0.05) is 6.07 Å². The average Bonchev–Trinajstić information content (AvgIpc) is 3.51. The number of anilines is 1. The van der Waals surface area contributed by atoms with Crippen molar-refractivity contribution in [1.82, 2.24) is 24.6 Å². The minimum absolute atomic E-state index is 0.00838. The van der Waals surface area contributed by atoms with E-state index in [1.54, 1.807) is 12.4 Å². The molecule has 0 bridgehead atoms. The number of aromatic nitrogens is 4. The van der Waals surface area contributed by atoms with E-state index in [9.17, 15) is 9.90 Å². The molecular formula is C27H30N6O3. The Labute approximate surface area is 209 Å². The fourth-order valence-corrected chi connectivity index (χ4v) is 5.58. The quantitative estimate of drug-likeness (QED) is 0.469. The number of aryl methyl sites for hydroxylation is 2. The van der Waals surface area contributed by atoms with Crippen molar-refractivity contribution in [3.63, 3.8) is 0 Å². The zero-order valence-electron chi connectivity index (χ0n) is 21.0.